The topological polar surface area (TPSA) is 41.4 Å². The van der Waals surface area contributed by atoms with Gasteiger partial charge in [0.15, 0.2) is 10.1 Å². The van der Waals surface area contributed by atoms with Crippen LogP contribution in [0, 0.1) is 0 Å². The Morgan fingerprint density at radius 3 is 3.29 bits per heavy atom. The molecular weight excluding hydrogens is 324 g/mol. The van der Waals surface area contributed by atoms with Crippen LogP contribution in [0.1, 0.15) is 11.1 Å². The summed E-state index contributed by atoms with van der Waals surface area (Å²) in [6, 6.07) is 6.52. The molecule has 2 aromatic heterocycles. The molecule has 0 bridgehead atoms. The van der Waals surface area contributed by atoms with Crippen molar-refractivity contribution in [2.75, 3.05) is 11.3 Å². The van der Waals surface area contributed by atoms with Gasteiger partial charge in [-0.25, -0.2) is 4.98 Å². The van der Waals surface area contributed by atoms with Crippen LogP contribution in [0.2, 0.25) is 5.15 Å². The number of aromatic nitrogens is 2. The molecule has 0 unspecified atom stereocenters. The molecule has 2 N–H and O–H groups in total. The summed E-state index contributed by atoms with van der Waals surface area (Å²) < 4.78 is 5.38. The lowest BCUT2D eigenvalue weighted by Gasteiger charge is -2.18. The van der Waals surface area contributed by atoms with Crippen molar-refractivity contribution in [3.8, 4) is 0 Å². The number of thiazole rings is 1. The number of anilines is 1. The fraction of sp³-hybridized carbons (Fsp3) is 0.214. The van der Waals surface area contributed by atoms with Crippen LogP contribution in [0.5, 0.6) is 0 Å². The maximum absolute atomic E-state index is 6.20. The molecule has 7 heteroatoms. The van der Waals surface area contributed by atoms with Gasteiger partial charge in [0, 0.05) is 35.8 Å². The minimum absolute atomic E-state index is 0.543. The van der Waals surface area contributed by atoms with Crippen LogP contribution in [-0.4, -0.2) is 15.9 Å². The van der Waals surface area contributed by atoms with Gasteiger partial charge in [0.05, 0.1) is 0 Å². The van der Waals surface area contributed by atoms with Gasteiger partial charge in [-0.1, -0.05) is 17.7 Å². The summed E-state index contributed by atoms with van der Waals surface area (Å²) >= 11 is 9.28. The van der Waals surface area contributed by atoms with E-state index in [0.29, 0.717) is 5.15 Å². The van der Waals surface area contributed by atoms with Gasteiger partial charge in [0.1, 0.15) is 5.03 Å². The first-order chi connectivity index (χ1) is 10.3. The molecule has 1 aromatic carbocycles. The second kappa shape index (κ2) is 5.53. The van der Waals surface area contributed by atoms with Crippen LogP contribution < -0.4 is 10.0 Å². The number of hydrogen-bond acceptors (Lipinski definition) is 5. The van der Waals surface area contributed by atoms with Gasteiger partial charge in [-0.3, -0.25) is 4.40 Å². The van der Waals surface area contributed by atoms with Crippen LogP contribution >= 0.6 is 34.9 Å². The first-order valence-corrected chi connectivity index (χ1v) is 8.75. The molecule has 0 saturated carbocycles. The van der Waals surface area contributed by atoms with E-state index in [1.54, 1.807) is 11.3 Å². The van der Waals surface area contributed by atoms with Crippen molar-refractivity contribution in [3.63, 3.8) is 0 Å². The van der Waals surface area contributed by atoms with Crippen LogP contribution in [0.15, 0.2) is 34.8 Å². The van der Waals surface area contributed by atoms with Crippen LogP contribution in [-0.2, 0) is 13.0 Å². The van der Waals surface area contributed by atoms with Crippen molar-refractivity contribution in [1.82, 2.24) is 14.7 Å². The largest absolute Gasteiger partial charge is 0.324 e. The maximum atomic E-state index is 6.20. The molecule has 0 amide bonds. The number of halogens is 1. The molecule has 4 rings (SSSR count). The Bertz CT molecular complexity index is 795. The summed E-state index contributed by atoms with van der Waals surface area (Å²) in [6.07, 6.45) is 3.07. The predicted molar refractivity (Wildman–Crippen MR) is 89.4 cm³/mol. The lowest BCUT2D eigenvalue weighted by Crippen LogP contribution is -2.23. The second-order valence-electron chi connectivity index (χ2n) is 4.88. The van der Waals surface area contributed by atoms with Crippen molar-refractivity contribution in [2.45, 2.75) is 18.0 Å². The van der Waals surface area contributed by atoms with E-state index < -0.39 is 0 Å². The number of benzene rings is 1. The van der Waals surface area contributed by atoms with Gasteiger partial charge in [0.25, 0.3) is 0 Å². The van der Waals surface area contributed by atoms with Gasteiger partial charge in [0.2, 0.25) is 0 Å². The number of rotatable bonds is 3. The van der Waals surface area contributed by atoms with Crippen LogP contribution in [0.3, 0.4) is 0 Å². The zero-order valence-electron chi connectivity index (χ0n) is 11.1. The summed E-state index contributed by atoms with van der Waals surface area (Å²) in [5.41, 5.74) is 3.90. The van der Waals surface area contributed by atoms with Gasteiger partial charge in [-0.15, -0.1) is 11.3 Å². The molecule has 4 nitrogen and oxygen atoms in total. The van der Waals surface area contributed by atoms with Gasteiger partial charge in [-0.2, -0.15) is 0 Å². The number of nitrogens with zero attached hydrogens (tertiary/aromatic N) is 2. The summed E-state index contributed by atoms with van der Waals surface area (Å²) in [5, 5.41) is 6.86. The van der Waals surface area contributed by atoms with Crippen molar-refractivity contribution < 1.29 is 0 Å². The molecule has 0 fully saturated rings. The number of hydrogen-bond donors (Lipinski definition) is 2. The highest BCUT2D eigenvalue weighted by atomic mass is 35.5. The summed E-state index contributed by atoms with van der Waals surface area (Å²) in [4.78, 5) is 5.25. The van der Waals surface area contributed by atoms with Crippen molar-refractivity contribution in [1.29, 1.82) is 0 Å². The van der Waals surface area contributed by atoms with E-state index in [1.807, 2.05) is 16.0 Å². The third kappa shape index (κ3) is 2.53. The highest BCUT2D eigenvalue weighted by Crippen LogP contribution is 2.31. The number of fused-ring (bicyclic) bond motifs is 2. The standard InChI is InChI=1S/C14H13ClN4S2/c15-12-13(19-5-6-20-14(19)17-12)21-18-11-2-1-10-8-16-4-3-9(10)7-11/h1-2,5-7,16,18H,3-4,8H2. The van der Waals surface area contributed by atoms with E-state index >= 15 is 0 Å². The first-order valence-electron chi connectivity index (χ1n) is 6.68. The van der Waals surface area contributed by atoms with Crippen molar-refractivity contribution in [3.05, 3.63) is 46.1 Å². The Morgan fingerprint density at radius 1 is 1.38 bits per heavy atom. The van der Waals surface area contributed by atoms with E-state index in [1.165, 1.54) is 23.1 Å². The summed E-state index contributed by atoms with van der Waals surface area (Å²) in [6.45, 7) is 2.01. The number of nitrogens with one attached hydrogen (secondary N) is 2. The molecule has 0 saturated heterocycles. The number of imidazole rings is 1. The molecule has 0 aliphatic carbocycles. The summed E-state index contributed by atoms with van der Waals surface area (Å²) in [7, 11) is 0. The van der Waals surface area contributed by atoms with E-state index in [-0.39, 0.29) is 0 Å². The maximum Gasteiger partial charge on any atom is 0.196 e. The van der Waals surface area contributed by atoms with Crippen molar-refractivity contribution in [2.24, 2.45) is 0 Å². The zero-order valence-corrected chi connectivity index (χ0v) is 13.5. The normalized spacial score (nSPS) is 14.3. The second-order valence-corrected chi connectivity index (χ2v) is 6.90. The fourth-order valence-electron chi connectivity index (χ4n) is 2.48. The van der Waals surface area contributed by atoms with Gasteiger partial charge < -0.3 is 10.0 Å². The van der Waals surface area contributed by atoms with Gasteiger partial charge >= 0.3 is 0 Å². The lowest BCUT2D eigenvalue weighted by molar-refractivity contribution is 0.644. The molecule has 0 atom stereocenters. The molecule has 3 heterocycles. The first kappa shape index (κ1) is 13.5. The third-order valence-electron chi connectivity index (χ3n) is 3.54. The van der Waals surface area contributed by atoms with E-state index in [9.17, 15) is 0 Å². The van der Waals surface area contributed by atoms with Crippen LogP contribution in [0.25, 0.3) is 4.96 Å². The fourth-order valence-corrected chi connectivity index (χ4v) is 4.30. The van der Waals surface area contributed by atoms with Gasteiger partial charge in [-0.05, 0) is 36.2 Å². The Kier molecular flexibility index (Phi) is 3.54. The monoisotopic (exact) mass is 336 g/mol. The molecule has 1 aliphatic heterocycles. The van der Waals surface area contributed by atoms with E-state index in [0.717, 1.165) is 35.2 Å². The summed E-state index contributed by atoms with van der Waals surface area (Å²) in [5.74, 6) is 0. The highest BCUT2D eigenvalue weighted by molar-refractivity contribution is 8.00. The van der Waals surface area contributed by atoms with Crippen LogP contribution in [0.4, 0.5) is 5.69 Å². The molecule has 0 radical (unpaired) electrons. The predicted octanol–water partition coefficient (Wildman–Crippen LogP) is 3.81. The Morgan fingerprint density at radius 2 is 2.33 bits per heavy atom. The average Bonchev–Trinajstić information content (AvgIpc) is 3.06. The minimum atomic E-state index is 0.543. The van der Waals surface area contributed by atoms with E-state index in [2.05, 4.69) is 33.2 Å². The quantitative estimate of drug-likeness (QED) is 0.714. The zero-order chi connectivity index (χ0) is 14.2. The molecule has 1 aliphatic rings. The molecule has 3 aromatic rings. The Hall–Kier alpha value is -1.21. The molecule has 108 valence electrons. The third-order valence-corrected chi connectivity index (χ3v) is 5.59. The van der Waals surface area contributed by atoms with Crippen molar-refractivity contribution >= 4 is 45.5 Å². The SMILES string of the molecule is Clc1nc2sccn2c1SNc1ccc2c(c1)CCNC2. The van der Waals surface area contributed by atoms with E-state index in [4.69, 9.17) is 11.6 Å². The minimum Gasteiger partial charge on any atom is -0.324 e. The molecular formula is C14H13ClN4S2. The highest BCUT2D eigenvalue weighted by Gasteiger charge is 2.13. The Labute approximate surface area is 135 Å². The lowest BCUT2D eigenvalue weighted by atomic mass is 10.0. The molecule has 21 heavy (non-hydrogen) atoms. The average molecular weight is 337 g/mol. The molecule has 0 spiro atoms. The smallest absolute Gasteiger partial charge is 0.196 e. The Balaban J connectivity index is 1.56.